The molecule has 0 radical (unpaired) electrons. The Morgan fingerprint density at radius 2 is 2.26 bits per heavy atom. The van der Waals surface area contributed by atoms with Crippen LogP contribution in [0.4, 0.5) is 4.39 Å². The van der Waals surface area contributed by atoms with Crippen LogP contribution in [0, 0.1) is 28.6 Å². The van der Waals surface area contributed by atoms with Gasteiger partial charge in [0, 0.05) is 24.7 Å². The lowest BCUT2D eigenvalue weighted by Gasteiger charge is -2.11. The van der Waals surface area contributed by atoms with Gasteiger partial charge in [-0.15, -0.1) is 0 Å². The first-order chi connectivity index (χ1) is 13.0. The first-order valence-electron chi connectivity index (χ1n) is 8.17. The molecule has 0 spiro atoms. The van der Waals surface area contributed by atoms with E-state index in [4.69, 9.17) is 19.7 Å². The Balaban J connectivity index is 1.80. The molecule has 0 bridgehead atoms. The number of hydrogen-bond acceptors (Lipinski definition) is 7. The molecule has 1 amide bonds. The third-order valence-electron chi connectivity index (χ3n) is 4.41. The topological polar surface area (TPSA) is 115 Å². The number of methoxy groups -OCH3 is 1. The smallest absolute Gasteiger partial charge is 0.307 e. The van der Waals surface area contributed by atoms with Crippen LogP contribution in [0.5, 0.6) is 5.75 Å². The maximum atomic E-state index is 13.7. The van der Waals surface area contributed by atoms with Gasteiger partial charge >= 0.3 is 5.91 Å². The van der Waals surface area contributed by atoms with E-state index in [-0.39, 0.29) is 35.0 Å². The van der Waals surface area contributed by atoms with E-state index in [1.165, 1.54) is 19.4 Å². The highest BCUT2D eigenvalue weighted by atomic mass is 19.1. The lowest BCUT2D eigenvalue weighted by Crippen LogP contribution is -2.36. The largest absolute Gasteiger partial charge is 0.496 e. The van der Waals surface area contributed by atoms with Crippen molar-refractivity contribution in [1.29, 1.82) is 10.5 Å². The molecule has 1 fully saturated rings. The number of benzene rings is 1. The SMILES string of the molecule is COc1cc(F)c(C#N)cc1-c1cnc(C(=O)N[C@@H]2C[C@@H](C)N(C#N)C2)o1. The number of carbonyl (C=O) groups excluding carboxylic acids is 1. The average molecular weight is 369 g/mol. The molecular weight excluding hydrogens is 353 g/mol. The van der Waals surface area contributed by atoms with Crippen LogP contribution in [0.25, 0.3) is 11.3 Å². The molecule has 2 aromatic rings. The summed E-state index contributed by atoms with van der Waals surface area (Å²) >= 11 is 0. The van der Waals surface area contributed by atoms with Crippen LogP contribution in [0.3, 0.4) is 0 Å². The Bertz CT molecular complexity index is 959. The van der Waals surface area contributed by atoms with Crippen molar-refractivity contribution in [2.24, 2.45) is 0 Å². The van der Waals surface area contributed by atoms with Crippen LogP contribution < -0.4 is 10.1 Å². The Kier molecular flexibility index (Phi) is 4.95. The molecule has 1 aliphatic heterocycles. The second-order valence-electron chi connectivity index (χ2n) is 6.18. The minimum atomic E-state index is -0.715. The van der Waals surface area contributed by atoms with Gasteiger partial charge in [0.2, 0.25) is 0 Å². The van der Waals surface area contributed by atoms with E-state index < -0.39 is 11.7 Å². The zero-order chi connectivity index (χ0) is 19.6. The highest BCUT2D eigenvalue weighted by Crippen LogP contribution is 2.32. The minimum Gasteiger partial charge on any atom is -0.496 e. The molecule has 27 heavy (non-hydrogen) atoms. The Morgan fingerprint density at radius 1 is 1.48 bits per heavy atom. The van der Waals surface area contributed by atoms with Gasteiger partial charge in [0.25, 0.3) is 5.89 Å². The first kappa shape index (κ1) is 18.2. The number of nitriles is 2. The van der Waals surface area contributed by atoms with Gasteiger partial charge < -0.3 is 19.4 Å². The van der Waals surface area contributed by atoms with E-state index in [9.17, 15) is 9.18 Å². The zero-order valence-corrected chi connectivity index (χ0v) is 14.7. The van der Waals surface area contributed by atoms with Crippen molar-refractivity contribution in [1.82, 2.24) is 15.2 Å². The van der Waals surface area contributed by atoms with Crippen LogP contribution in [0.2, 0.25) is 0 Å². The molecule has 1 aromatic carbocycles. The number of rotatable bonds is 4. The highest BCUT2D eigenvalue weighted by Gasteiger charge is 2.30. The third kappa shape index (κ3) is 3.53. The lowest BCUT2D eigenvalue weighted by molar-refractivity contribution is 0.0904. The van der Waals surface area contributed by atoms with Crippen LogP contribution >= 0.6 is 0 Å². The molecular formula is C18H16FN5O3. The summed E-state index contributed by atoms with van der Waals surface area (Å²) in [6.45, 7) is 2.33. The molecule has 9 heteroatoms. The summed E-state index contributed by atoms with van der Waals surface area (Å²) in [4.78, 5) is 17.9. The number of aromatic nitrogens is 1. The van der Waals surface area contributed by atoms with Crippen LogP contribution in [-0.2, 0) is 0 Å². The third-order valence-corrected chi connectivity index (χ3v) is 4.41. The Labute approximate surface area is 154 Å². The zero-order valence-electron chi connectivity index (χ0n) is 14.7. The predicted molar refractivity (Wildman–Crippen MR) is 90.8 cm³/mol. The minimum absolute atomic E-state index is 0.0494. The molecule has 0 aliphatic carbocycles. The molecule has 0 saturated carbocycles. The Hall–Kier alpha value is -3.59. The number of nitrogens with one attached hydrogen (secondary N) is 1. The number of carbonyl (C=O) groups is 1. The summed E-state index contributed by atoms with van der Waals surface area (Å²) < 4.78 is 24.4. The van der Waals surface area contributed by atoms with E-state index in [0.717, 1.165) is 6.07 Å². The van der Waals surface area contributed by atoms with Gasteiger partial charge in [0.15, 0.2) is 12.0 Å². The number of nitrogens with zero attached hydrogens (tertiary/aromatic N) is 4. The molecule has 0 unspecified atom stereocenters. The fourth-order valence-corrected chi connectivity index (χ4v) is 3.03. The highest BCUT2D eigenvalue weighted by molar-refractivity contribution is 5.90. The van der Waals surface area contributed by atoms with E-state index in [0.29, 0.717) is 18.5 Å². The number of likely N-dealkylation sites (tertiary alicyclic amines) is 1. The van der Waals surface area contributed by atoms with E-state index in [2.05, 4.69) is 16.5 Å². The van der Waals surface area contributed by atoms with Crippen LogP contribution in [0.15, 0.2) is 22.7 Å². The van der Waals surface area contributed by atoms with Gasteiger partial charge in [-0.3, -0.25) is 4.79 Å². The number of halogens is 1. The van der Waals surface area contributed by atoms with Crippen molar-refractivity contribution in [3.8, 4) is 29.3 Å². The van der Waals surface area contributed by atoms with Crippen molar-refractivity contribution in [3.05, 3.63) is 35.6 Å². The summed E-state index contributed by atoms with van der Waals surface area (Å²) in [6, 6.07) is 3.96. The Morgan fingerprint density at radius 3 is 2.89 bits per heavy atom. The number of ether oxygens (including phenoxy) is 1. The summed E-state index contributed by atoms with van der Waals surface area (Å²) in [6.07, 6.45) is 4.04. The predicted octanol–water partition coefficient (Wildman–Crippen LogP) is 2.03. The van der Waals surface area contributed by atoms with Gasteiger partial charge in [0.1, 0.15) is 17.6 Å². The standard InChI is InChI=1S/C18H16FN5O3/c1-10-3-12(8-24(10)9-21)23-17(25)18-22-7-16(27-18)13-4-11(6-20)14(19)5-15(13)26-2/h4-5,7,10,12H,3,8H2,1-2H3,(H,23,25)/t10-,12-/m1/s1. The molecule has 1 N–H and O–H groups in total. The molecule has 2 heterocycles. The molecule has 2 atom stereocenters. The number of oxazole rings is 1. The molecule has 1 aromatic heterocycles. The van der Waals surface area contributed by atoms with Gasteiger partial charge in [0.05, 0.1) is 24.4 Å². The molecule has 1 saturated heterocycles. The second-order valence-corrected chi connectivity index (χ2v) is 6.18. The van der Waals surface area contributed by atoms with Crippen molar-refractivity contribution >= 4 is 5.91 Å². The van der Waals surface area contributed by atoms with Crippen molar-refractivity contribution in [2.75, 3.05) is 13.7 Å². The summed E-state index contributed by atoms with van der Waals surface area (Å²) in [5.74, 6) is -1.07. The van der Waals surface area contributed by atoms with Crippen molar-refractivity contribution in [2.45, 2.75) is 25.4 Å². The molecule has 8 nitrogen and oxygen atoms in total. The first-order valence-corrected chi connectivity index (χ1v) is 8.17. The quantitative estimate of drug-likeness (QED) is 0.820. The van der Waals surface area contributed by atoms with Gasteiger partial charge in [-0.25, -0.2) is 9.37 Å². The van der Waals surface area contributed by atoms with Gasteiger partial charge in [-0.05, 0) is 19.4 Å². The fourth-order valence-electron chi connectivity index (χ4n) is 3.03. The van der Waals surface area contributed by atoms with Crippen LogP contribution in [-0.4, -0.2) is 41.5 Å². The van der Waals surface area contributed by atoms with E-state index in [1.54, 1.807) is 11.0 Å². The normalized spacial score (nSPS) is 18.6. The van der Waals surface area contributed by atoms with E-state index in [1.807, 2.05) is 6.92 Å². The second kappa shape index (κ2) is 7.34. The number of amides is 1. The monoisotopic (exact) mass is 369 g/mol. The molecule has 138 valence electrons. The summed E-state index contributed by atoms with van der Waals surface area (Å²) in [7, 11) is 1.36. The van der Waals surface area contributed by atoms with Crippen molar-refractivity contribution in [3.63, 3.8) is 0 Å². The summed E-state index contributed by atoms with van der Waals surface area (Å²) in [5, 5.41) is 20.8. The lowest BCUT2D eigenvalue weighted by atomic mass is 10.1. The maximum absolute atomic E-state index is 13.7. The van der Waals surface area contributed by atoms with E-state index >= 15 is 0 Å². The van der Waals surface area contributed by atoms with Crippen LogP contribution in [0.1, 0.15) is 29.6 Å². The van der Waals surface area contributed by atoms with Gasteiger partial charge in [-0.1, -0.05) is 0 Å². The average Bonchev–Trinajstić information content (AvgIpc) is 3.28. The molecule has 1 aliphatic rings. The molecule has 3 rings (SSSR count). The summed E-state index contributed by atoms with van der Waals surface area (Å²) in [5.41, 5.74) is 0.136. The number of hydrogen-bond donors (Lipinski definition) is 1. The van der Waals surface area contributed by atoms with Crippen molar-refractivity contribution < 1.29 is 18.3 Å². The fraction of sp³-hybridized carbons (Fsp3) is 0.333. The van der Waals surface area contributed by atoms with Gasteiger partial charge in [-0.2, -0.15) is 10.5 Å². The maximum Gasteiger partial charge on any atom is 0.307 e.